The van der Waals surface area contributed by atoms with E-state index in [2.05, 4.69) is 30.2 Å². The SMILES string of the molecule is CCC(F)(F)c1ccnc(Oc2ccc(CCNc3ncnc4nccnc34)cc2O)c1. The fourth-order valence-corrected chi connectivity index (χ4v) is 3.06. The van der Waals surface area contributed by atoms with E-state index in [1.54, 1.807) is 30.6 Å². The molecule has 0 aliphatic carbocycles. The fourth-order valence-electron chi connectivity index (χ4n) is 3.06. The Morgan fingerprint density at radius 3 is 2.66 bits per heavy atom. The maximum atomic E-state index is 13.9. The Bertz CT molecular complexity index is 1230. The minimum atomic E-state index is -2.97. The number of halogens is 2. The van der Waals surface area contributed by atoms with Crippen molar-refractivity contribution >= 4 is 17.0 Å². The first-order valence-corrected chi connectivity index (χ1v) is 9.96. The van der Waals surface area contributed by atoms with Gasteiger partial charge in [0.25, 0.3) is 5.92 Å². The normalized spacial score (nSPS) is 11.5. The Kier molecular flexibility index (Phi) is 6.02. The summed E-state index contributed by atoms with van der Waals surface area (Å²) in [5, 5.41) is 13.5. The van der Waals surface area contributed by atoms with Crippen LogP contribution in [0.15, 0.2) is 55.2 Å². The zero-order valence-electron chi connectivity index (χ0n) is 17.2. The van der Waals surface area contributed by atoms with Crippen LogP contribution in [0.1, 0.15) is 24.5 Å². The molecule has 10 heteroatoms. The monoisotopic (exact) mass is 438 g/mol. The van der Waals surface area contributed by atoms with Gasteiger partial charge in [0.2, 0.25) is 5.88 Å². The number of hydrogen-bond acceptors (Lipinski definition) is 8. The number of phenolic OH excluding ortho intramolecular Hbond substituents is 1. The number of hydrogen-bond donors (Lipinski definition) is 2. The molecule has 8 nitrogen and oxygen atoms in total. The molecule has 0 spiro atoms. The molecule has 4 rings (SSSR count). The van der Waals surface area contributed by atoms with Gasteiger partial charge in [-0.25, -0.2) is 33.7 Å². The lowest BCUT2D eigenvalue weighted by molar-refractivity contribution is -0.00855. The molecule has 0 radical (unpaired) electrons. The smallest absolute Gasteiger partial charge is 0.273 e. The molecule has 0 fully saturated rings. The lowest BCUT2D eigenvalue weighted by atomic mass is 10.1. The Balaban J connectivity index is 1.41. The Morgan fingerprint density at radius 1 is 1.00 bits per heavy atom. The van der Waals surface area contributed by atoms with Crippen molar-refractivity contribution in [1.82, 2.24) is 24.9 Å². The highest BCUT2D eigenvalue weighted by molar-refractivity contribution is 5.81. The summed E-state index contributed by atoms with van der Waals surface area (Å²) in [5.41, 5.74) is 1.73. The molecular weight excluding hydrogens is 418 g/mol. The highest BCUT2D eigenvalue weighted by Crippen LogP contribution is 2.35. The first-order chi connectivity index (χ1) is 15.5. The summed E-state index contributed by atoms with van der Waals surface area (Å²) in [6, 6.07) is 7.33. The number of aromatic hydroxyl groups is 1. The van der Waals surface area contributed by atoms with Crippen LogP contribution in [0.4, 0.5) is 14.6 Å². The molecule has 4 aromatic rings. The van der Waals surface area contributed by atoms with E-state index >= 15 is 0 Å². The maximum Gasteiger partial charge on any atom is 0.273 e. The second kappa shape index (κ2) is 9.04. The van der Waals surface area contributed by atoms with Crippen molar-refractivity contribution in [3.63, 3.8) is 0 Å². The van der Waals surface area contributed by atoms with Crippen LogP contribution in [-0.2, 0) is 12.3 Å². The van der Waals surface area contributed by atoms with Gasteiger partial charge in [-0.05, 0) is 30.2 Å². The highest BCUT2D eigenvalue weighted by Gasteiger charge is 2.29. The van der Waals surface area contributed by atoms with E-state index in [4.69, 9.17) is 4.74 Å². The molecule has 3 heterocycles. The van der Waals surface area contributed by atoms with Gasteiger partial charge in [0.05, 0.1) is 0 Å². The zero-order chi connectivity index (χ0) is 22.6. The lowest BCUT2D eigenvalue weighted by Gasteiger charge is -2.15. The Labute approximate surface area is 182 Å². The minimum absolute atomic E-state index is 0.0166. The molecule has 0 atom stereocenters. The fraction of sp³-hybridized carbons (Fsp3) is 0.227. The van der Waals surface area contributed by atoms with Crippen LogP contribution in [0.25, 0.3) is 11.2 Å². The Morgan fingerprint density at radius 2 is 1.84 bits per heavy atom. The summed E-state index contributed by atoms with van der Waals surface area (Å²) in [6.07, 6.45) is 6.05. The first-order valence-electron chi connectivity index (χ1n) is 9.96. The van der Waals surface area contributed by atoms with Gasteiger partial charge >= 0.3 is 0 Å². The van der Waals surface area contributed by atoms with Crippen molar-refractivity contribution < 1.29 is 18.6 Å². The van der Waals surface area contributed by atoms with Gasteiger partial charge in [0.1, 0.15) is 11.8 Å². The van der Waals surface area contributed by atoms with Gasteiger partial charge in [-0.3, -0.25) is 0 Å². The zero-order valence-corrected chi connectivity index (χ0v) is 17.2. The van der Waals surface area contributed by atoms with Crippen molar-refractivity contribution in [3.05, 3.63) is 66.4 Å². The number of aromatic nitrogens is 5. The molecule has 0 saturated carbocycles. The number of nitrogens with one attached hydrogen (secondary N) is 1. The van der Waals surface area contributed by atoms with Crippen molar-refractivity contribution in [2.24, 2.45) is 0 Å². The van der Waals surface area contributed by atoms with Crippen molar-refractivity contribution in [2.45, 2.75) is 25.7 Å². The average molecular weight is 438 g/mol. The summed E-state index contributed by atoms with van der Waals surface area (Å²) in [7, 11) is 0. The maximum absolute atomic E-state index is 13.9. The van der Waals surface area contributed by atoms with E-state index in [1.807, 2.05) is 0 Å². The largest absolute Gasteiger partial charge is 0.504 e. The second-order valence-corrected chi connectivity index (χ2v) is 6.97. The van der Waals surface area contributed by atoms with Crippen LogP contribution >= 0.6 is 0 Å². The van der Waals surface area contributed by atoms with Crippen LogP contribution < -0.4 is 10.1 Å². The summed E-state index contributed by atoms with van der Waals surface area (Å²) < 4.78 is 33.3. The van der Waals surface area contributed by atoms with E-state index in [0.29, 0.717) is 29.9 Å². The van der Waals surface area contributed by atoms with E-state index in [-0.39, 0.29) is 29.4 Å². The highest BCUT2D eigenvalue weighted by atomic mass is 19.3. The molecule has 1 aromatic carbocycles. The molecule has 3 aromatic heterocycles. The number of pyridine rings is 1. The molecule has 0 unspecified atom stereocenters. The molecule has 0 amide bonds. The number of alkyl halides is 2. The van der Waals surface area contributed by atoms with Gasteiger partial charge in [0, 0.05) is 43.2 Å². The number of phenols is 1. The van der Waals surface area contributed by atoms with Crippen LogP contribution in [0.2, 0.25) is 0 Å². The summed E-state index contributed by atoms with van der Waals surface area (Å²) in [6.45, 7) is 1.93. The number of anilines is 1. The number of benzene rings is 1. The van der Waals surface area contributed by atoms with Crippen LogP contribution in [0.5, 0.6) is 17.4 Å². The number of nitrogens with zero attached hydrogens (tertiary/aromatic N) is 5. The van der Waals surface area contributed by atoms with E-state index in [1.165, 1.54) is 31.6 Å². The summed E-state index contributed by atoms with van der Waals surface area (Å²) in [5.74, 6) is -2.40. The van der Waals surface area contributed by atoms with Crippen molar-refractivity contribution in [2.75, 3.05) is 11.9 Å². The molecule has 0 aliphatic heterocycles. The van der Waals surface area contributed by atoms with Gasteiger partial charge in [-0.15, -0.1) is 0 Å². The van der Waals surface area contributed by atoms with Crippen molar-refractivity contribution in [1.29, 1.82) is 0 Å². The predicted molar refractivity (Wildman–Crippen MR) is 114 cm³/mol. The summed E-state index contributed by atoms with van der Waals surface area (Å²) in [4.78, 5) is 20.6. The van der Waals surface area contributed by atoms with E-state index < -0.39 is 5.92 Å². The quantitative estimate of drug-likeness (QED) is 0.415. The predicted octanol–water partition coefficient (Wildman–Crippen LogP) is 4.47. The van der Waals surface area contributed by atoms with E-state index in [0.717, 1.165) is 5.56 Å². The third kappa shape index (κ3) is 4.69. The average Bonchev–Trinajstić information content (AvgIpc) is 2.81. The van der Waals surface area contributed by atoms with Crippen LogP contribution in [0, 0.1) is 0 Å². The molecule has 164 valence electrons. The van der Waals surface area contributed by atoms with E-state index in [9.17, 15) is 13.9 Å². The first kappa shape index (κ1) is 21.3. The number of fused-ring (bicyclic) bond motifs is 1. The molecule has 0 bridgehead atoms. The van der Waals surface area contributed by atoms with Crippen molar-refractivity contribution in [3.8, 4) is 17.4 Å². The molecule has 32 heavy (non-hydrogen) atoms. The van der Waals surface area contributed by atoms with Gasteiger partial charge in [-0.1, -0.05) is 13.0 Å². The standard InChI is InChI=1S/C22H20F2N6O2/c1-2-22(23,24)15-6-8-25-18(12-15)32-17-4-3-14(11-16(17)31)5-7-27-20-19-21(30-13-29-20)28-10-9-26-19/h3-4,6,8-13,31H,2,5,7H2,1H3,(H,27,28,29,30). The number of ether oxygens (including phenoxy) is 1. The summed E-state index contributed by atoms with van der Waals surface area (Å²) >= 11 is 0. The van der Waals surface area contributed by atoms with Gasteiger partial charge in [-0.2, -0.15) is 0 Å². The van der Waals surface area contributed by atoms with Gasteiger partial charge < -0.3 is 15.2 Å². The topological polar surface area (TPSA) is 106 Å². The third-order valence-corrected chi connectivity index (χ3v) is 4.82. The Hall–Kier alpha value is -3.95. The third-order valence-electron chi connectivity index (χ3n) is 4.82. The van der Waals surface area contributed by atoms with Crippen LogP contribution in [-0.4, -0.2) is 36.6 Å². The molecule has 0 saturated heterocycles. The minimum Gasteiger partial charge on any atom is -0.504 e. The van der Waals surface area contributed by atoms with Crippen LogP contribution in [0.3, 0.4) is 0 Å². The molecule has 0 aliphatic rings. The molecule has 2 N–H and O–H groups in total. The second-order valence-electron chi connectivity index (χ2n) is 6.97. The lowest BCUT2D eigenvalue weighted by Crippen LogP contribution is -2.11. The molecular formula is C22H20F2N6O2. The van der Waals surface area contributed by atoms with Gasteiger partial charge in [0.15, 0.2) is 23.0 Å². The number of rotatable bonds is 8.